The van der Waals surface area contributed by atoms with E-state index in [0.717, 1.165) is 22.1 Å². The smallest absolute Gasteiger partial charge is 0.229 e. The van der Waals surface area contributed by atoms with Crippen LogP contribution in [-0.4, -0.2) is 18.2 Å². The quantitative estimate of drug-likeness (QED) is 0.781. The van der Waals surface area contributed by atoms with Crippen molar-refractivity contribution in [3.63, 3.8) is 0 Å². The molecule has 1 aromatic heterocycles. The van der Waals surface area contributed by atoms with E-state index in [1.165, 1.54) is 6.92 Å². The van der Waals surface area contributed by atoms with Crippen LogP contribution in [0.5, 0.6) is 0 Å². The van der Waals surface area contributed by atoms with Crippen LogP contribution in [0.15, 0.2) is 33.2 Å². The third-order valence-corrected chi connectivity index (χ3v) is 4.31. The lowest BCUT2D eigenvalue weighted by Gasteiger charge is -2.15. The van der Waals surface area contributed by atoms with Gasteiger partial charge in [0.25, 0.3) is 0 Å². The van der Waals surface area contributed by atoms with Crippen LogP contribution in [0, 0.1) is 6.92 Å². The maximum atomic E-state index is 12.5. The van der Waals surface area contributed by atoms with Crippen LogP contribution in [-0.2, 0) is 11.2 Å². The average Bonchev–Trinajstić information content (AvgIpc) is 3.02. The van der Waals surface area contributed by atoms with Gasteiger partial charge in [-0.1, -0.05) is 15.9 Å². The first-order valence-electron chi connectivity index (χ1n) is 6.69. The van der Waals surface area contributed by atoms with Crippen molar-refractivity contribution < 1.29 is 14.0 Å². The maximum absolute atomic E-state index is 12.5. The molecule has 0 radical (unpaired) electrons. The van der Waals surface area contributed by atoms with Crippen molar-refractivity contribution in [3.05, 3.63) is 51.4 Å². The standard InChI is InChI=1S/C16H14BrNO3/c1-9-3-4-15(21-9)16(20)12-8-14-11(7-13(12)17)5-6-18(14)10(2)19/h3-4,7-8H,5-6H2,1-2H3. The topological polar surface area (TPSA) is 50.5 Å². The SMILES string of the molecule is CC(=O)N1CCc2cc(Br)c(C(=O)c3ccc(C)o3)cc21. The summed E-state index contributed by atoms with van der Waals surface area (Å²) < 4.78 is 6.12. The number of benzene rings is 1. The third-order valence-electron chi connectivity index (χ3n) is 3.65. The largest absolute Gasteiger partial charge is 0.458 e. The highest BCUT2D eigenvalue weighted by Gasteiger charge is 2.26. The second-order valence-corrected chi connectivity index (χ2v) is 5.98. The average molecular weight is 348 g/mol. The van der Waals surface area contributed by atoms with E-state index in [0.29, 0.717) is 23.6 Å². The molecule has 1 amide bonds. The minimum absolute atomic E-state index is 0.0108. The normalized spacial score (nSPS) is 13.4. The second-order valence-electron chi connectivity index (χ2n) is 5.12. The first-order valence-corrected chi connectivity index (χ1v) is 7.48. The summed E-state index contributed by atoms with van der Waals surface area (Å²) in [5, 5.41) is 0. The lowest BCUT2D eigenvalue weighted by atomic mass is 10.0. The zero-order valence-corrected chi connectivity index (χ0v) is 13.4. The van der Waals surface area contributed by atoms with Gasteiger partial charge in [0, 0.05) is 29.2 Å². The van der Waals surface area contributed by atoms with Gasteiger partial charge in [0.15, 0.2) is 5.76 Å². The number of halogens is 1. The first kappa shape index (κ1) is 14.1. The van der Waals surface area contributed by atoms with E-state index >= 15 is 0 Å². The number of rotatable bonds is 2. The number of fused-ring (bicyclic) bond motifs is 1. The highest BCUT2D eigenvalue weighted by atomic mass is 79.9. The molecule has 1 aliphatic rings. The van der Waals surface area contributed by atoms with E-state index in [1.54, 1.807) is 30.0 Å². The molecule has 1 aliphatic heterocycles. The second kappa shape index (κ2) is 5.15. The predicted octanol–water partition coefficient (Wildman–Crippen LogP) is 3.49. The van der Waals surface area contributed by atoms with Gasteiger partial charge in [0.1, 0.15) is 5.76 Å². The van der Waals surface area contributed by atoms with E-state index in [1.807, 2.05) is 6.07 Å². The van der Waals surface area contributed by atoms with Gasteiger partial charge < -0.3 is 9.32 Å². The van der Waals surface area contributed by atoms with Crippen LogP contribution in [0.25, 0.3) is 0 Å². The molecule has 0 spiro atoms. The number of hydrogen-bond donors (Lipinski definition) is 0. The Hall–Kier alpha value is -1.88. The van der Waals surface area contributed by atoms with E-state index in [2.05, 4.69) is 15.9 Å². The molecule has 1 aromatic carbocycles. The molecular formula is C16H14BrNO3. The zero-order chi connectivity index (χ0) is 15.1. The summed E-state index contributed by atoms with van der Waals surface area (Å²) in [5.41, 5.74) is 2.40. The molecule has 0 fully saturated rings. The molecular weight excluding hydrogens is 334 g/mol. The number of nitrogens with zero attached hydrogens (tertiary/aromatic N) is 1. The van der Waals surface area contributed by atoms with Crippen molar-refractivity contribution in [2.45, 2.75) is 20.3 Å². The molecule has 0 aliphatic carbocycles. The van der Waals surface area contributed by atoms with Crippen LogP contribution in [0.4, 0.5) is 5.69 Å². The van der Waals surface area contributed by atoms with E-state index in [-0.39, 0.29) is 11.7 Å². The van der Waals surface area contributed by atoms with Gasteiger partial charge in [-0.2, -0.15) is 0 Å². The minimum Gasteiger partial charge on any atom is -0.458 e. The van der Waals surface area contributed by atoms with Gasteiger partial charge in [-0.05, 0) is 43.2 Å². The van der Waals surface area contributed by atoms with Gasteiger partial charge >= 0.3 is 0 Å². The summed E-state index contributed by atoms with van der Waals surface area (Å²) in [7, 11) is 0. The number of furan rings is 1. The third kappa shape index (κ3) is 2.42. The number of anilines is 1. The number of carbonyl (C=O) groups excluding carboxylic acids is 2. The highest BCUT2D eigenvalue weighted by Crippen LogP contribution is 2.34. The fourth-order valence-corrected chi connectivity index (χ4v) is 3.17. The van der Waals surface area contributed by atoms with Gasteiger partial charge in [0.05, 0.1) is 0 Å². The van der Waals surface area contributed by atoms with Crippen molar-refractivity contribution in [3.8, 4) is 0 Å². The summed E-state index contributed by atoms with van der Waals surface area (Å²) in [6.45, 7) is 4.00. The zero-order valence-electron chi connectivity index (χ0n) is 11.8. The Balaban J connectivity index is 2.06. The summed E-state index contributed by atoms with van der Waals surface area (Å²) in [5.74, 6) is 0.804. The summed E-state index contributed by atoms with van der Waals surface area (Å²) in [6.07, 6.45) is 0.807. The molecule has 0 saturated heterocycles. The van der Waals surface area contributed by atoms with Crippen LogP contribution in [0.3, 0.4) is 0 Å². The van der Waals surface area contributed by atoms with Crippen LogP contribution >= 0.6 is 15.9 Å². The molecule has 0 N–H and O–H groups in total. The Bertz CT molecular complexity index is 748. The number of hydrogen-bond acceptors (Lipinski definition) is 3. The van der Waals surface area contributed by atoms with E-state index in [4.69, 9.17) is 4.42 Å². The van der Waals surface area contributed by atoms with Crippen molar-refractivity contribution in [1.82, 2.24) is 0 Å². The van der Waals surface area contributed by atoms with Crippen LogP contribution in [0.2, 0.25) is 0 Å². The van der Waals surface area contributed by atoms with Gasteiger partial charge in [-0.3, -0.25) is 9.59 Å². The number of carbonyl (C=O) groups is 2. The molecule has 2 aromatic rings. The number of aryl methyl sites for hydroxylation is 1. The molecule has 0 unspecified atom stereocenters. The molecule has 5 heteroatoms. The predicted molar refractivity (Wildman–Crippen MR) is 82.8 cm³/mol. The van der Waals surface area contributed by atoms with E-state index in [9.17, 15) is 9.59 Å². The van der Waals surface area contributed by atoms with Gasteiger partial charge in [-0.15, -0.1) is 0 Å². The monoisotopic (exact) mass is 347 g/mol. The minimum atomic E-state index is -0.187. The Morgan fingerprint density at radius 2 is 2.05 bits per heavy atom. The van der Waals surface area contributed by atoms with Crippen molar-refractivity contribution in [2.24, 2.45) is 0 Å². The van der Waals surface area contributed by atoms with Crippen molar-refractivity contribution in [1.29, 1.82) is 0 Å². The van der Waals surface area contributed by atoms with E-state index < -0.39 is 0 Å². The lowest BCUT2D eigenvalue weighted by molar-refractivity contribution is -0.116. The highest BCUT2D eigenvalue weighted by molar-refractivity contribution is 9.10. The lowest BCUT2D eigenvalue weighted by Crippen LogP contribution is -2.25. The Labute approximate surface area is 130 Å². The molecule has 0 saturated carbocycles. The number of amides is 1. The fourth-order valence-electron chi connectivity index (χ4n) is 2.60. The molecule has 4 nitrogen and oxygen atoms in total. The Morgan fingerprint density at radius 3 is 2.67 bits per heavy atom. The molecule has 0 bridgehead atoms. The molecule has 108 valence electrons. The van der Waals surface area contributed by atoms with Crippen molar-refractivity contribution in [2.75, 3.05) is 11.4 Å². The fraction of sp³-hybridized carbons (Fsp3) is 0.250. The molecule has 21 heavy (non-hydrogen) atoms. The molecule has 0 atom stereocenters. The van der Waals surface area contributed by atoms with Gasteiger partial charge in [-0.25, -0.2) is 0 Å². The van der Waals surface area contributed by atoms with Crippen molar-refractivity contribution >= 4 is 33.3 Å². The van der Waals surface area contributed by atoms with Crippen LogP contribution < -0.4 is 4.90 Å². The van der Waals surface area contributed by atoms with Gasteiger partial charge in [0.2, 0.25) is 11.7 Å². The molecule has 3 rings (SSSR count). The summed E-state index contributed by atoms with van der Waals surface area (Å²) in [4.78, 5) is 25.9. The Kier molecular flexibility index (Phi) is 3.45. The Morgan fingerprint density at radius 1 is 1.29 bits per heavy atom. The maximum Gasteiger partial charge on any atom is 0.229 e. The van der Waals surface area contributed by atoms with Crippen LogP contribution in [0.1, 0.15) is 34.4 Å². The molecule has 2 heterocycles. The first-order chi connectivity index (χ1) is 9.97. The number of ketones is 1. The summed E-state index contributed by atoms with van der Waals surface area (Å²) >= 11 is 3.45. The summed E-state index contributed by atoms with van der Waals surface area (Å²) in [6, 6.07) is 7.12.